The van der Waals surface area contributed by atoms with E-state index >= 15 is 0 Å². The van der Waals surface area contributed by atoms with E-state index < -0.39 is 5.60 Å². The Morgan fingerprint density at radius 3 is 2.87 bits per heavy atom. The maximum Gasteiger partial charge on any atom is 0.165 e. The van der Waals surface area contributed by atoms with E-state index in [9.17, 15) is 10.2 Å². The topological polar surface area (TPSA) is 62.2 Å². The lowest BCUT2D eigenvalue weighted by Crippen LogP contribution is -2.82. The van der Waals surface area contributed by atoms with Crippen molar-refractivity contribution in [3.63, 3.8) is 0 Å². The van der Waals surface area contributed by atoms with E-state index in [2.05, 4.69) is 23.1 Å². The Bertz CT molecular complexity index is 1030. The predicted octanol–water partition coefficient (Wildman–Crippen LogP) is 2.77. The number of hydrogen-bond acceptors (Lipinski definition) is 5. The third-order valence-electron chi connectivity index (χ3n) is 10.7. The monoisotopic (exact) mass is 421 g/mol. The fourth-order valence-electron chi connectivity index (χ4n) is 9.61. The molecule has 1 saturated heterocycles. The molecule has 1 aromatic rings. The average Bonchev–Trinajstić information content (AvgIpc) is 3.38. The van der Waals surface area contributed by atoms with Gasteiger partial charge in [0.2, 0.25) is 0 Å². The van der Waals surface area contributed by atoms with Crippen LogP contribution >= 0.6 is 0 Å². The van der Waals surface area contributed by atoms with Gasteiger partial charge in [-0.25, -0.2) is 0 Å². The lowest BCUT2D eigenvalue weighted by molar-refractivity contribution is -0.248. The third-order valence-corrected chi connectivity index (χ3v) is 10.7. The van der Waals surface area contributed by atoms with Gasteiger partial charge in [0, 0.05) is 36.6 Å². The summed E-state index contributed by atoms with van der Waals surface area (Å²) in [7, 11) is 1.79. The van der Waals surface area contributed by atoms with Crippen molar-refractivity contribution in [2.45, 2.75) is 67.8 Å². The number of methoxy groups -OCH3 is 1. The number of aromatic hydroxyl groups is 1. The Balaban J connectivity index is 1.44. The molecule has 2 spiro atoms. The highest BCUT2D eigenvalue weighted by molar-refractivity contribution is 5.65. The molecule has 0 aromatic heterocycles. The maximum atomic E-state index is 11.2. The molecule has 5 nitrogen and oxygen atoms in total. The molecule has 1 aromatic carbocycles. The van der Waals surface area contributed by atoms with Crippen LogP contribution in [-0.4, -0.2) is 59.2 Å². The van der Waals surface area contributed by atoms with E-state index in [1.54, 1.807) is 7.11 Å². The van der Waals surface area contributed by atoms with Gasteiger partial charge in [0.25, 0.3) is 0 Å². The van der Waals surface area contributed by atoms with E-state index in [0.29, 0.717) is 17.7 Å². The van der Waals surface area contributed by atoms with Crippen LogP contribution in [0.5, 0.6) is 11.5 Å². The second-order valence-electron chi connectivity index (χ2n) is 11.4. The summed E-state index contributed by atoms with van der Waals surface area (Å²) in [6, 6.07) is 4.40. The number of phenolic OH excluding ortho intramolecular Hbond substituents is 1. The summed E-state index contributed by atoms with van der Waals surface area (Å²) >= 11 is 0. The molecule has 4 bridgehead atoms. The normalized spacial score (nSPS) is 50.3. The molecule has 8 aliphatic rings. The first kappa shape index (κ1) is 17.9. The second-order valence-corrected chi connectivity index (χ2v) is 11.4. The quantitative estimate of drug-likeness (QED) is 0.735. The molecule has 4 fully saturated rings. The Kier molecular flexibility index (Phi) is 3.08. The fraction of sp³-hybridized carbons (Fsp3) is 0.692. The molecule has 5 heteroatoms. The van der Waals surface area contributed by atoms with Crippen LogP contribution in [-0.2, 0) is 16.6 Å². The van der Waals surface area contributed by atoms with Gasteiger partial charge in [0.15, 0.2) is 11.5 Å². The molecular formula is C26H31NO4. The van der Waals surface area contributed by atoms with E-state index in [1.165, 1.54) is 30.5 Å². The minimum atomic E-state index is -0.633. The van der Waals surface area contributed by atoms with Gasteiger partial charge in [-0.1, -0.05) is 18.2 Å². The summed E-state index contributed by atoms with van der Waals surface area (Å²) in [5, 5.41) is 22.1. The van der Waals surface area contributed by atoms with Gasteiger partial charge in [-0.3, -0.25) is 4.90 Å². The molecule has 2 unspecified atom stereocenters. The fourth-order valence-corrected chi connectivity index (χ4v) is 9.61. The van der Waals surface area contributed by atoms with Crippen molar-refractivity contribution in [3.05, 3.63) is 35.4 Å². The second kappa shape index (κ2) is 5.32. The standard InChI is InChI=1S/C26H31NO4/c1-30-26-9-8-24(16-5-7-17(28)21(16)26)19-12-15-4-6-18(29)22-20(15)25(24,23(26)31-22)10-11-27(19)13-14-2-3-14/h4,6,8-9,14,16-17,19,21,23,28-29H,2-3,5,7,10-13H2,1H3/t16-,17?,19-,21-,23?,24-,25-,26-/m1/s1. The van der Waals surface area contributed by atoms with Crippen LogP contribution in [0.15, 0.2) is 24.3 Å². The SMILES string of the molecule is CO[C@]12C=C[C@@]3([C@@H]4CCC(O)[C@@H]41)[C@H]1Cc4ccc(O)c5c4[C@]3(CCN1CC1CC1)C2O5. The number of nitrogens with zero attached hydrogens (tertiary/aromatic N) is 1. The van der Waals surface area contributed by atoms with Crippen molar-refractivity contribution in [1.29, 1.82) is 0 Å². The molecular weight excluding hydrogens is 390 g/mol. The smallest absolute Gasteiger partial charge is 0.165 e. The summed E-state index contributed by atoms with van der Waals surface area (Å²) in [5.74, 6) is 2.26. The maximum absolute atomic E-state index is 11.2. The number of aliphatic hydroxyl groups is 1. The number of rotatable bonds is 3. The molecule has 2 aliphatic heterocycles. The summed E-state index contributed by atoms with van der Waals surface area (Å²) in [4.78, 5) is 2.80. The number of likely N-dealkylation sites (tertiary alicyclic amines) is 1. The lowest BCUT2D eigenvalue weighted by Gasteiger charge is -2.73. The Hall–Kier alpha value is -1.56. The number of phenols is 1. The zero-order chi connectivity index (χ0) is 20.8. The summed E-state index contributed by atoms with van der Waals surface area (Å²) in [5.41, 5.74) is 1.76. The highest BCUT2D eigenvalue weighted by Gasteiger charge is 2.83. The van der Waals surface area contributed by atoms with Crippen LogP contribution in [0.3, 0.4) is 0 Å². The first-order chi connectivity index (χ1) is 15.1. The van der Waals surface area contributed by atoms with Crippen LogP contribution in [0.25, 0.3) is 0 Å². The number of piperidine rings is 1. The van der Waals surface area contributed by atoms with Gasteiger partial charge in [-0.05, 0) is 68.5 Å². The van der Waals surface area contributed by atoms with Crippen LogP contribution in [0.4, 0.5) is 0 Å². The van der Waals surface area contributed by atoms with Crippen molar-refractivity contribution in [2.24, 2.45) is 23.2 Å². The van der Waals surface area contributed by atoms with E-state index in [1.807, 2.05) is 6.07 Å². The van der Waals surface area contributed by atoms with Gasteiger partial charge in [0.05, 0.1) is 11.5 Å². The van der Waals surface area contributed by atoms with E-state index in [4.69, 9.17) is 9.47 Å². The first-order valence-corrected chi connectivity index (χ1v) is 12.3. The molecule has 164 valence electrons. The van der Waals surface area contributed by atoms with Crippen LogP contribution in [0, 0.1) is 23.2 Å². The van der Waals surface area contributed by atoms with Gasteiger partial charge in [-0.15, -0.1) is 0 Å². The highest BCUT2D eigenvalue weighted by atomic mass is 16.6. The molecule has 2 N–H and O–H groups in total. The van der Waals surface area contributed by atoms with Crippen molar-refractivity contribution in [3.8, 4) is 11.5 Å². The predicted molar refractivity (Wildman–Crippen MR) is 114 cm³/mol. The van der Waals surface area contributed by atoms with E-state index in [0.717, 1.165) is 38.1 Å². The van der Waals surface area contributed by atoms with E-state index in [-0.39, 0.29) is 34.7 Å². The molecule has 2 heterocycles. The van der Waals surface area contributed by atoms with Crippen molar-refractivity contribution in [1.82, 2.24) is 4.90 Å². The number of benzene rings is 1. The summed E-state index contributed by atoms with van der Waals surface area (Å²) in [6.07, 6.45) is 10.9. The third kappa shape index (κ3) is 1.69. The van der Waals surface area contributed by atoms with Gasteiger partial charge in [-0.2, -0.15) is 0 Å². The van der Waals surface area contributed by atoms with Crippen LogP contribution in [0.2, 0.25) is 0 Å². The number of hydrogen-bond donors (Lipinski definition) is 2. The summed E-state index contributed by atoms with van der Waals surface area (Å²) < 4.78 is 13.1. The molecule has 8 atom stereocenters. The molecule has 31 heavy (non-hydrogen) atoms. The first-order valence-electron chi connectivity index (χ1n) is 12.3. The number of ether oxygens (including phenoxy) is 2. The van der Waals surface area contributed by atoms with Gasteiger partial charge in [0.1, 0.15) is 11.7 Å². The largest absolute Gasteiger partial charge is 0.504 e. The Labute approximate surface area is 183 Å². The van der Waals surface area contributed by atoms with Gasteiger partial charge < -0.3 is 19.7 Å². The molecule has 3 saturated carbocycles. The average molecular weight is 422 g/mol. The van der Waals surface area contributed by atoms with Crippen molar-refractivity contribution < 1.29 is 19.7 Å². The zero-order valence-electron chi connectivity index (χ0n) is 18.1. The molecule has 9 rings (SSSR count). The van der Waals surface area contributed by atoms with Crippen LogP contribution < -0.4 is 4.74 Å². The van der Waals surface area contributed by atoms with Gasteiger partial charge >= 0.3 is 0 Å². The summed E-state index contributed by atoms with van der Waals surface area (Å²) in [6.45, 7) is 2.29. The Morgan fingerprint density at radius 2 is 2.06 bits per heavy atom. The van der Waals surface area contributed by atoms with Crippen molar-refractivity contribution in [2.75, 3.05) is 20.2 Å². The molecule has 0 radical (unpaired) electrons. The molecule has 6 aliphatic carbocycles. The highest BCUT2D eigenvalue weighted by Crippen LogP contribution is 2.78. The lowest BCUT2D eigenvalue weighted by atomic mass is 9.34. The minimum Gasteiger partial charge on any atom is -0.504 e. The number of aliphatic hydroxyl groups excluding tert-OH is 1. The zero-order valence-corrected chi connectivity index (χ0v) is 18.1. The van der Waals surface area contributed by atoms with Crippen LogP contribution in [0.1, 0.15) is 43.2 Å². The minimum absolute atomic E-state index is 0.0563. The molecule has 0 amide bonds. The van der Waals surface area contributed by atoms with Crippen molar-refractivity contribution >= 4 is 0 Å². The Morgan fingerprint density at radius 1 is 1.19 bits per heavy atom.